The summed E-state index contributed by atoms with van der Waals surface area (Å²) in [4.78, 5) is 0. The highest BCUT2D eigenvalue weighted by molar-refractivity contribution is 7.60. The summed E-state index contributed by atoms with van der Waals surface area (Å²) in [6.07, 6.45) is 0. The molecular formula is C14H14Cl2NO3P. The van der Waals surface area contributed by atoms with Crippen LogP contribution in [0.3, 0.4) is 0 Å². The van der Waals surface area contributed by atoms with Gasteiger partial charge in [-0.25, -0.2) is 0 Å². The van der Waals surface area contributed by atoms with Crippen molar-refractivity contribution in [1.82, 2.24) is 0 Å². The van der Waals surface area contributed by atoms with Crippen molar-refractivity contribution in [1.29, 1.82) is 0 Å². The number of nitrogens with one attached hydrogen (secondary N) is 1. The van der Waals surface area contributed by atoms with Crippen LogP contribution >= 0.6 is 30.7 Å². The van der Waals surface area contributed by atoms with Crippen LogP contribution in [0.15, 0.2) is 42.5 Å². The third-order valence-corrected chi connectivity index (χ3v) is 4.34. The summed E-state index contributed by atoms with van der Waals surface area (Å²) < 4.78 is 23.3. The highest BCUT2D eigenvalue weighted by Crippen LogP contribution is 2.47. The number of ether oxygens (including phenoxy) is 1. The Bertz CT molecular complexity index is 694. The molecule has 21 heavy (non-hydrogen) atoms. The summed E-state index contributed by atoms with van der Waals surface area (Å²) in [6.45, 7) is 1.46. The minimum absolute atomic E-state index is 0.369. The Morgan fingerprint density at radius 3 is 2.38 bits per heavy atom. The van der Waals surface area contributed by atoms with E-state index in [4.69, 9.17) is 32.5 Å². The molecule has 0 saturated carbocycles. The SMILES string of the molecule is COc1ccccc1O[P@](C)(=O)Nc1ccc(Cl)cc1Cl. The van der Waals surface area contributed by atoms with Crippen molar-refractivity contribution >= 4 is 36.4 Å². The smallest absolute Gasteiger partial charge is 0.338 e. The average Bonchev–Trinajstić information content (AvgIpc) is 2.42. The molecule has 7 heteroatoms. The second kappa shape index (κ2) is 6.61. The van der Waals surface area contributed by atoms with Crippen LogP contribution < -0.4 is 14.3 Å². The Balaban J connectivity index is 2.20. The number of para-hydroxylation sites is 2. The molecule has 0 unspecified atom stereocenters. The maximum absolute atomic E-state index is 12.6. The molecule has 2 aromatic carbocycles. The maximum atomic E-state index is 12.6. The van der Waals surface area contributed by atoms with Crippen LogP contribution in [0.5, 0.6) is 11.5 Å². The van der Waals surface area contributed by atoms with Crippen LogP contribution in [0.1, 0.15) is 0 Å². The molecule has 0 radical (unpaired) electrons. The van der Waals surface area contributed by atoms with E-state index in [1.54, 1.807) is 42.5 Å². The fourth-order valence-electron chi connectivity index (χ4n) is 1.70. The zero-order chi connectivity index (χ0) is 15.5. The van der Waals surface area contributed by atoms with E-state index in [-0.39, 0.29) is 0 Å². The molecule has 0 heterocycles. The number of methoxy groups -OCH3 is 1. The van der Waals surface area contributed by atoms with E-state index >= 15 is 0 Å². The Morgan fingerprint density at radius 1 is 1.10 bits per heavy atom. The molecule has 0 aliphatic carbocycles. The molecule has 1 N–H and O–H groups in total. The average molecular weight is 346 g/mol. The standard InChI is InChI=1S/C14H14Cl2NO3P/c1-19-13-5-3-4-6-14(13)20-21(2,18)17-12-8-7-10(15)9-11(12)16/h3-9H,1-2H3,(H,17,18)/t21-/m0/s1. The number of rotatable bonds is 5. The van der Waals surface area contributed by atoms with E-state index < -0.39 is 7.52 Å². The molecule has 0 amide bonds. The van der Waals surface area contributed by atoms with Crippen LogP contribution in [0, 0.1) is 0 Å². The quantitative estimate of drug-likeness (QED) is 0.745. The Morgan fingerprint density at radius 2 is 1.76 bits per heavy atom. The maximum Gasteiger partial charge on any atom is 0.338 e. The van der Waals surface area contributed by atoms with Gasteiger partial charge >= 0.3 is 7.52 Å². The lowest BCUT2D eigenvalue weighted by atomic mass is 10.3. The molecule has 0 aliphatic rings. The zero-order valence-corrected chi connectivity index (χ0v) is 13.9. The lowest BCUT2D eigenvalue weighted by molar-refractivity contribution is 0.391. The van der Waals surface area contributed by atoms with Gasteiger partial charge in [0, 0.05) is 11.7 Å². The summed E-state index contributed by atoms with van der Waals surface area (Å²) in [7, 11) is -1.66. The summed E-state index contributed by atoms with van der Waals surface area (Å²) in [5, 5.41) is 3.67. The number of hydrogen-bond donors (Lipinski definition) is 1. The molecule has 0 saturated heterocycles. The first-order chi connectivity index (χ1) is 9.91. The number of hydrogen-bond acceptors (Lipinski definition) is 3. The first kappa shape index (κ1) is 16.0. The first-order valence-electron chi connectivity index (χ1n) is 6.05. The van der Waals surface area contributed by atoms with E-state index in [2.05, 4.69) is 5.09 Å². The van der Waals surface area contributed by atoms with E-state index in [1.165, 1.54) is 13.8 Å². The Labute approximate surface area is 133 Å². The highest BCUT2D eigenvalue weighted by Gasteiger charge is 2.20. The summed E-state index contributed by atoms with van der Waals surface area (Å²) in [5.74, 6) is 0.895. The van der Waals surface area contributed by atoms with E-state index in [9.17, 15) is 4.57 Å². The summed E-state index contributed by atoms with van der Waals surface area (Å²) >= 11 is 11.9. The van der Waals surface area contributed by atoms with Gasteiger partial charge in [-0.3, -0.25) is 4.57 Å². The molecule has 112 valence electrons. The molecule has 2 aromatic rings. The van der Waals surface area contributed by atoms with Crippen LogP contribution in [0.4, 0.5) is 5.69 Å². The van der Waals surface area contributed by atoms with Crippen LogP contribution in [0.2, 0.25) is 10.0 Å². The van der Waals surface area contributed by atoms with Gasteiger partial charge in [-0.2, -0.15) is 0 Å². The predicted octanol–water partition coefficient (Wildman–Crippen LogP) is 5.32. The summed E-state index contributed by atoms with van der Waals surface area (Å²) in [6, 6.07) is 11.8. The van der Waals surface area contributed by atoms with Gasteiger partial charge in [0.1, 0.15) is 0 Å². The van der Waals surface area contributed by atoms with Gasteiger partial charge in [0.25, 0.3) is 0 Å². The van der Waals surface area contributed by atoms with E-state index in [1.807, 2.05) is 0 Å². The van der Waals surface area contributed by atoms with Crippen molar-refractivity contribution in [2.75, 3.05) is 18.9 Å². The topological polar surface area (TPSA) is 47.6 Å². The predicted molar refractivity (Wildman–Crippen MR) is 87.2 cm³/mol. The van der Waals surface area contributed by atoms with Crippen molar-refractivity contribution in [3.05, 3.63) is 52.5 Å². The lowest BCUT2D eigenvalue weighted by Gasteiger charge is -2.19. The van der Waals surface area contributed by atoms with E-state index in [0.29, 0.717) is 27.2 Å². The second-order valence-electron chi connectivity index (χ2n) is 4.32. The molecular weight excluding hydrogens is 332 g/mol. The molecule has 0 aliphatic heterocycles. The fourth-order valence-corrected chi connectivity index (χ4v) is 3.43. The van der Waals surface area contributed by atoms with Gasteiger partial charge in [-0.15, -0.1) is 0 Å². The third-order valence-electron chi connectivity index (χ3n) is 2.60. The minimum Gasteiger partial charge on any atom is -0.493 e. The second-order valence-corrected chi connectivity index (χ2v) is 7.27. The highest BCUT2D eigenvalue weighted by atomic mass is 35.5. The minimum atomic E-state index is -3.18. The molecule has 0 aromatic heterocycles. The third kappa shape index (κ3) is 4.31. The van der Waals surface area contributed by atoms with Crippen LogP contribution in [-0.2, 0) is 4.57 Å². The van der Waals surface area contributed by atoms with E-state index in [0.717, 1.165) is 0 Å². The number of benzene rings is 2. The molecule has 2 rings (SSSR count). The van der Waals surface area contributed by atoms with Crippen LogP contribution in [-0.4, -0.2) is 13.8 Å². The van der Waals surface area contributed by atoms with Crippen molar-refractivity contribution in [2.45, 2.75) is 0 Å². The van der Waals surface area contributed by atoms with Gasteiger partial charge in [-0.1, -0.05) is 35.3 Å². The molecule has 1 atom stereocenters. The zero-order valence-electron chi connectivity index (χ0n) is 11.5. The van der Waals surface area contributed by atoms with Gasteiger partial charge in [0.05, 0.1) is 17.8 Å². The van der Waals surface area contributed by atoms with Crippen molar-refractivity contribution in [3.8, 4) is 11.5 Å². The number of anilines is 1. The lowest BCUT2D eigenvalue weighted by Crippen LogP contribution is -2.03. The Hall–Kier alpha value is -1.35. The molecule has 4 nitrogen and oxygen atoms in total. The number of halogens is 2. The largest absolute Gasteiger partial charge is 0.493 e. The van der Waals surface area contributed by atoms with Gasteiger partial charge in [0.15, 0.2) is 11.5 Å². The molecule has 0 spiro atoms. The monoisotopic (exact) mass is 345 g/mol. The van der Waals surface area contributed by atoms with Crippen molar-refractivity contribution in [2.24, 2.45) is 0 Å². The fraction of sp³-hybridized carbons (Fsp3) is 0.143. The molecule has 0 bridgehead atoms. The van der Waals surface area contributed by atoms with Crippen molar-refractivity contribution < 1.29 is 13.8 Å². The van der Waals surface area contributed by atoms with Gasteiger partial charge in [-0.05, 0) is 30.3 Å². The summed E-state index contributed by atoms with van der Waals surface area (Å²) in [5.41, 5.74) is 0.488. The first-order valence-corrected chi connectivity index (χ1v) is 8.87. The van der Waals surface area contributed by atoms with Gasteiger partial charge in [0.2, 0.25) is 0 Å². The Kier molecular flexibility index (Phi) is 5.04. The van der Waals surface area contributed by atoms with Crippen molar-refractivity contribution in [3.63, 3.8) is 0 Å². The van der Waals surface area contributed by atoms with Gasteiger partial charge < -0.3 is 14.3 Å². The molecule has 0 fully saturated rings. The normalized spacial score (nSPS) is 13.3. The van der Waals surface area contributed by atoms with Crippen LogP contribution in [0.25, 0.3) is 0 Å².